The molecule has 0 aromatic heterocycles. The molecule has 0 saturated carbocycles. The maximum atomic E-state index is 13.0. The van der Waals surface area contributed by atoms with Crippen LogP contribution in [0.4, 0.5) is 11.4 Å². The normalized spacial score (nSPS) is 12.5. The summed E-state index contributed by atoms with van der Waals surface area (Å²) in [5.74, 6) is -1.38. The Bertz CT molecular complexity index is 1200. The van der Waals surface area contributed by atoms with Gasteiger partial charge in [-0.05, 0) is 48.6 Å². The highest BCUT2D eigenvalue weighted by atomic mass is 35.5. The molecule has 3 amide bonds. The van der Waals surface area contributed by atoms with Gasteiger partial charge in [0.2, 0.25) is 0 Å². The number of hydrogen-bond acceptors (Lipinski definition) is 4. The van der Waals surface area contributed by atoms with E-state index in [0.29, 0.717) is 11.4 Å². The first kappa shape index (κ1) is 19.8. The zero-order valence-electron chi connectivity index (χ0n) is 15.4. The number of benzene rings is 3. The van der Waals surface area contributed by atoms with Crippen molar-refractivity contribution in [2.45, 2.75) is 0 Å². The second-order valence-corrected chi connectivity index (χ2v) is 7.21. The molecule has 3 aromatic carbocycles. The Balaban J connectivity index is 1.58. The quantitative estimate of drug-likeness (QED) is 0.474. The standard InChI is InChI=1S/C22H14ClN3O3S/c23-16-11-5-4-9-14(16)19(27)25-22(30)24-17-12-6-10-15-18(17)21(29)26(20(15)28)13-7-2-1-3-8-13/h1-12H,(H2,24,25,27,30). The van der Waals surface area contributed by atoms with Crippen LogP contribution in [-0.2, 0) is 0 Å². The molecule has 148 valence electrons. The van der Waals surface area contributed by atoms with Crippen molar-refractivity contribution < 1.29 is 14.4 Å². The third-order valence-corrected chi connectivity index (χ3v) is 5.06. The largest absolute Gasteiger partial charge is 0.332 e. The van der Waals surface area contributed by atoms with Gasteiger partial charge >= 0.3 is 0 Å². The Morgan fingerprint density at radius 2 is 1.57 bits per heavy atom. The number of hydrogen-bond donors (Lipinski definition) is 2. The highest BCUT2D eigenvalue weighted by molar-refractivity contribution is 7.80. The van der Waals surface area contributed by atoms with Crippen LogP contribution in [0.15, 0.2) is 72.8 Å². The second-order valence-electron chi connectivity index (χ2n) is 6.40. The molecule has 0 saturated heterocycles. The summed E-state index contributed by atoms with van der Waals surface area (Å²) in [5.41, 5.74) is 1.52. The van der Waals surface area contributed by atoms with Crippen molar-refractivity contribution in [3.05, 3.63) is 94.5 Å². The van der Waals surface area contributed by atoms with E-state index in [0.717, 1.165) is 4.90 Å². The Labute approximate surface area is 182 Å². The molecular weight excluding hydrogens is 422 g/mol. The van der Waals surface area contributed by atoms with E-state index in [1.165, 1.54) is 0 Å². The lowest BCUT2D eigenvalue weighted by Gasteiger charge is -2.14. The summed E-state index contributed by atoms with van der Waals surface area (Å²) >= 11 is 11.3. The number of rotatable bonds is 3. The molecule has 8 heteroatoms. The van der Waals surface area contributed by atoms with E-state index >= 15 is 0 Å². The van der Waals surface area contributed by atoms with Crippen molar-refractivity contribution in [3.8, 4) is 0 Å². The molecule has 2 N–H and O–H groups in total. The molecule has 0 radical (unpaired) electrons. The fourth-order valence-corrected chi connectivity index (χ4v) is 3.59. The first-order valence-electron chi connectivity index (χ1n) is 8.91. The Hall–Kier alpha value is -3.55. The molecule has 30 heavy (non-hydrogen) atoms. The summed E-state index contributed by atoms with van der Waals surface area (Å²) in [5, 5.41) is 5.64. The third kappa shape index (κ3) is 3.56. The molecule has 6 nitrogen and oxygen atoms in total. The summed E-state index contributed by atoms with van der Waals surface area (Å²) < 4.78 is 0. The van der Waals surface area contributed by atoms with Crippen LogP contribution in [0.5, 0.6) is 0 Å². The summed E-state index contributed by atoms with van der Waals surface area (Å²) in [4.78, 5) is 39.3. The van der Waals surface area contributed by atoms with Gasteiger partial charge in [0.25, 0.3) is 17.7 Å². The van der Waals surface area contributed by atoms with Crippen molar-refractivity contribution in [1.29, 1.82) is 0 Å². The SMILES string of the molecule is O=C(NC(=S)Nc1cccc2c1C(=O)N(c1ccccc1)C2=O)c1ccccc1Cl. The molecule has 0 bridgehead atoms. The topological polar surface area (TPSA) is 78.5 Å². The van der Waals surface area contributed by atoms with E-state index in [1.54, 1.807) is 72.8 Å². The fourth-order valence-electron chi connectivity index (χ4n) is 3.17. The summed E-state index contributed by atoms with van der Waals surface area (Å²) in [6.45, 7) is 0. The number of carbonyl (C=O) groups excluding carboxylic acids is 3. The van der Waals surface area contributed by atoms with Crippen molar-refractivity contribution in [2.75, 3.05) is 10.2 Å². The van der Waals surface area contributed by atoms with Gasteiger partial charge in [-0.25, -0.2) is 4.90 Å². The second kappa shape index (κ2) is 8.06. The number of nitrogens with zero attached hydrogens (tertiary/aromatic N) is 1. The van der Waals surface area contributed by atoms with E-state index in [9.17, 15) is 14.4 Å². The number of para-hydroxylation sites is 1. The van der Waals surface area contributed by atoms with Gasteiger partial charge < -0.3 is 5.32 Å². The smallest absolute Gasteiger partial charge is 0.268 e. The minimum Gasteiger partial charge on any atom is -0.332 e. The molecule has 0 fully saturated rings. The average Bonchev–Trinajstić information content (AvgIpc) is 3.00. The summed E-state index contributed by atoms with van der Waals surface area (Å²) in [7, 11) is 0. The van der Waals surface area contributed by atoms with Crippen LogP contribution < -0.4 is 15.5 Å². The maximum absolute atomic E-state index is 13.0. The van der Waals surface area contributed by atoms with Gasteiger partial charge in [-0.1, -0.05) is 48.0 Å². The van der Waals surface area contributed by atoms with Crippen molar-refractivity contribution in [1.82, 2.24) is 5.32 Å². The minimum atomic E-state index is -0.487. The molecule has 0 aliphatic carbocycles. The van der Waals surface area contributed by atoms with E-state index < -0.39 is 17.7 Å². The van der Waals surface area contributed by atoms with Gasteiger partial charge in [0, 0.05) is 0 Å². The summed E-state index contributed by atoms with van der Waals surface area (Å²) in [6, 6.07) is 20.1. The van der Waals surface area contributed by atoms with Crippen LogP contribution in [0, 0.1) is 0 Å². The number of halogens is 1. The number of amides is 3. The first-order chi connectivity index (χ1) is 14.5. The molecule has 1 heterocycles. The monoisotopic (exact) mass is 435 g/mol. The molecule has 1 aliphatic rings. The third-order valence-electron chi connectivity index (χ3n) is 4.52. The van der Waals surface area contributed by atoms with Crippen LogP contribution in [0.1, 0.15) is 31.1 Å². The number of fused-ring (bicyclic) bond motifs is 1. The zero-order valence-corrected chi connectivity index (χ0v) is 17.0. The van der Waals surface area contributed by atoms with Gasteiger partial charge in [0.15, 0.2) is 5.11 Å². The Morgan fingerprint density at radius 3 is 2.30 bits per heavy atom. The molecule has 1 aliphatic heterocycles. The van der Waals surface area contributed by atoms with Crippen molar-refractivity contribution >= 4 is 58.0 Å². The van der Waals surface area contributed by atoms with Gasteiger partial charge in [0.1, 0.15) is 0 Å². The number of imide groups is 1. The lowest BCUT2D eigenvalue weighted by molar-refractivity contribution is 0.0924. The van der Waals surface area contributed by atoms with Crippen LogP contribution in [0.3, 0.4) is 0 Å². The van der Waals surface area contributed by atoms with E-state index in [1.807, 2.05) is 0 Å². The number of carbonyl (C=O) groups is 3. The minimum absolute atomic E-state index is 0.0215. The van der Waals surface area contributed by atoms with Crippen LogP contribution in [0.2, 0.25) is 5.02 Å². The van der Waals surface area contributed by atoms with Crippen molar-refractivity contribution in [2.24, 2.45) is 0 Å². The Morgan fingerprint density at radius 1 is 0.867 bits per heavy atom. The molecule has 0 atom stereocenters. The predicted molar refractivity (Wildman–Crippen MR) is 119 cm³/mol. The van der Waals surface area contributed by atoms with Crippen LogP contribution in [-0.4, -0.2) is 22.8 Å². The van der Waals surface area contributed by atoms with Crippen LogP contribution in [0.25, 0.3) is 0 Å². The molecule has 0 spiro atoms. The Kier molecular flexibility index (Phi) is 5.31. The van der Waals surface area contributed by atoms with Gasteiger partial charge in [-0.15, -0.1) is 0 Å². The zero-order chi connectivity index (χ0) is 21.3. The predicted octanol–water partition coefficient (Wildman–Crippen LogP) is 4.27. The number of anilines is 2. The van der Waals surface area contributed by atoms with Gasteiger partial charge in [-0.3, -0.25) is 19.7 Å². The fraction of sp³-hybridized carbons (Fsp3) is 0. The highest BCUT2D eigenvalue weighted by Gasteiger charge is 2.38. The lowest BCUT2D eigenvalue weighted by Crippen LogP contribution is -2.35. The lowest BCUT2D eigenvalue weighted by atomic mass is 10.1. The van der Waals surface area contributed by atoms with E-state index in [-0.39, 0.29) is 26.8 Å². The van der Waals surface area contributed by atoms with Gasteiger partial charge in [-0.2, -0.15) is 0 Å². The average molecular weight is 436 g/mol. The molecular formula is C22H14ClN3O3S. The van der Waals surface area contributed by atoms with Crippen LogP contribution >= 0.6 is 23.8 Å². The van der Waals surface area contributed by atoms with Gasteiger partial charge in [0.05, 0.1) is 33.1 Å². The molecule has 4 rings (SSSR count). The van der Waals surface area contributed by atoms with E-state index in [4.69, 9.17) is 23.8 Å². The first-order valence-corrected chi connectivity index (χ1v) is 9.69. The summed E-state index contributed by atoms with van der Waals surface area (Å²) in [6.07, 6.45) is 0. The molecule has 0 unspecified atom stereocenters. The number of thiocarbonyl (C=S) groups is 1. The van der Waals surface area contributed by atoms with Crippen molar-refractivity contribution in [3.63, 3.8) is 0 Å². The number of nitrogens with one attached hydrogen (secondary N) is 2. The molecule has 3 aromatic rings. The highest BCUT2D eigenvalue weighted by Crippen LogP contribution is 2.32. The van der Waals surface area contributed by atoms with E-state index in [2.05, 4.69) is 10.6 Å². The maximum Gasteiger partial charge on any atom is 0.268 e.